The van der Waals surface area contributed by atoms with Crippen LogP contribution in [0, 0.1) is 11.8 Å². The van der Waals surface area contributed by atoms with Crippen LogP contribution in [0.2, 0.25) is 0 Å². The highest BCUT2D eigenvalue weighted by Gasteiger charge is 2.29. The highest BCUT2D eigenvalue weighted by molar-refractivity contribution is 7.88. The molecule has 0 radical (unpaired) electrons. The van der Waals surface area contributed by atoms with Gasteiger partial charge in [0.25, 0.3) is 0 Å². The van der Waals surface area contributed by atoms with E-state index in [9.17, 15) is 13.2 Å². The van der Waals surface area contributed by atoms with Crippen LogP contribution >= 0.6 is 0 Å². The minimum atomic E-state index is -3.23. The molecule has 3 rings (SSSR count). The number of hydrogen-bond acceptors (Lipinski definition) is 4. The minimum absolute atomic E-state index is 0.0581. The maximum atomic E-state index is 12.5. The summed E-state index contributed by atoms with van der Waals surface area (Å²) in [5.74, 6) is 0.416. The number of hydrogen-bond donors (Lipinski definition) is 1. The predicted octanol–water partition coefficient (Wildman–Crippen LogP) is 2.21. The fourth-order valence-corrected chi connectivity index (χ4v) is 4.95. The highest BCUT2D eigenvalue weighted by Crippen LogP contribution is 2.23. The summed E-state index contributed by atoms with van der Waals surface area (Å²) in [4.78, 5) is 14.9. The van der Waals surface area contributed by atoms with Crippen molar-refractivity contribution in [3.8, 4) is 0 Å². The van der Waals surface area contributed by atoms with Crippen LogP contribution in [0.15, 0.2) is 24.3 Å². The maximum Gasteiger partial charge on any atom is 0.224 e. The first-order chi connectivity index (χ1) is 12.8. The summed E-state index contributed by atoms with van der Waals surface area (Å²) in [5, 5.41) is 2.97. The summed E-state index contributed by atoms with van der Waals surface area (Å²) in [6, 6.07) is 8.40. The van der Waals surface area contributed by atoms with Crippen molar-refractivity contribution in [3.63, 3.8) is 0 Å². The van der Waals surface area contributed by atoms with Gasteiger partial charge in [0, 0.05) is 38.4 Å². The Kier molecular flexibility index (Phi) is 6.42. The average Bonchev–Trinajstić information content (AvgIpc) is 2.66. The molecule has 1 N–H and O–H groups in total. The van der Waals surface area contributed by atoms with E-state index in [4.69, 9.17) is 0 Å². The summed E-state index contributed by atoms with van der Waals surface area (Å²) in [6.07, 6.45) is 5.22. The first-order valence-corrected chi connectivity index (χ1v) is 11.7. The Bertz CT molecular complexity index is 748. The predicted molar refractivity (Wildman–Crippen MR) is 108 cm³/mol. The Morgan fingerprint density at radius 3 is 2.48 bits per heavy atom. The zero-order valence-corrected chi connectivity index (χ0v) is 17.2. The summed E-state index contributed by atoms with van der Waals surface area (Å²) in [7, 11) is -3.23. The van der Waals surface area contributed by atoms with Crippen molar-refractivity contribution in [2.45, 2.75) is 39.2 Å². The molecule has 150 valence electrons. The molecule has 2 aliphatic heterocycles. The lowest BCUT2D eigenvalue weighted by Gasteiger charge is -2.33. The lowest BCUT2D eigenvalue weighted by molar-refractivity contribution is -0.126. The van der Waals surface area contributed by atoms with Crippen molar-refractivity contribution in [1.82, 2.24) is 9.62 Å². The van der Waals surface area contributed by atoms with E-state index in [2.05, 4.69) is 41.4 Å². The van der Waals surface area contributed by atoms with Crippen LogP contribution in [0.5, 0.6) is 0 Å². The first kappa shape index (κ1) is 20.1. The van der Waals surface area contributed by atoms with Gasteiger partial charge < -0.3 is 10.2 Å². The summed E-state index contributed by atoms with van der Waals surface area (Å²) >= 11 is 0. The molecule has 0 aliphatic carbocycles. The molecule has 27 heavy (non-hydrogen) atoms. The molecule has 1 amide bonds. The smallest absolute Gasteiger partial charge is 0.224 e. The molecule has 0 spiro atoms. The molecular formula is C20H31N3O3S. The second-order valence-electron chi connectivity index (χ2n) is 8.04. The number of amides is 1. The number of carbonyl (C=O) groups is 1. The number of benzene rings is 1. The van der Waals surface area contributed by atoms with Gasteiger partial charge in [0.05, 0.1) is 12.2 Å². The van der Waals surface area contributed by atoms with E-state index < -0.39 is 10.0 Å². The number of rotatable bonds is 5. The van der Waals surface area contributed by atoms with E-state index in [1.54, 1.807) is 0 Å². The Morgan fingerprint density at radius 1 is 1.11 bits per heavy atom. The third-order valence-electron chi connectivity index (χ3n) is 5.65. The van der Waals surface area contributed by atoms with Gasteiger partial charge in [-0.05, 0) is 49.3 Å². The zero-order chi connectivity index (χ0) is 19.4. The lowest BCUT2D eigenvalue weighted by atomic mass is 9.98. The number of anilines is 1. The van der Waals surface area contributed by atoms with Crippen LogP contribution < -0.4 is 10.2 Å². The van der Waals surface area contributed by atoms with Crippen LogP contribution in [0.25, 0.3) is 0 Å². The summed E-state index contributed by atoms with van der Waals surface area (Å²) in [6.45, 7) is 5.79. The second-order valence-corrected chi connectivity index (χ2v) is 10.0. The summed E-state index contributed by atoms with van der Waals surface area (Å²) < 4.78 is 24.8. The van der Waals surface area contributed by atoms with E-state index in [-0.39, 0.29) is 18.4 Å². The second kappa shape index (κ2) is 8.61. The fourth-order valence-electron chi connectivity index (χ4n) is 4.04. The third-order valence-corrected chi connectivity index (χ3v) is 6.92. The monoisotopic (exact) mass is 393 g/mol. The molecule has 0 aromatic heterocycles. The van der Waals surface area contributed by atoms with Gasteiger partial charge in [0.1, 0.15) is 0 Å². The molecule has 0 bridgehead atoms. The molecule has 2 aliphatic rings. The molecule has 6 nitrogen and oxygen atoms in total. The molecule has 2 atom stereocenters. The van der Waals surface area contributed by atoms with Crippen molar-refractivity contribution in [2.24, 2.45) is 11.8 Å². The van der Waals surface area contributed by atoms with Gasteiger partial charge in [-0.15, -0.1) is 0 Å². The molecule has 1 aromatic carbocycles. The molecule has 0 unspecified atom stereocenters. The largest absolute Gasteiger partial charge is 0.371 e. The van der Waals surface area contributed by atoms with Gasteiger partial charge in [-0.2, -0.15) is 0 Å². The molecule has 1 aromatic rings. The molecule has 7 heteroatoms. The molecule has 0 saturated carbocycles. The van der Waals surface area contributed by atoms with Crippen molar-refractivity contribution in [3.05, 3.63) is 29.8 Å². The van der Waals surface area contributed by atoms with Crippen LogP contribution in [-0.4, -0.2) is 51.1 Å². The lowest BCUT2D eigenvalue weighted by Crippen LogP contribution is -2.44. The van der Waals surface area contributed by atoms with Crippen LogP contribution in [-0.2, 0) is 21.4 Å². The van der Waals surface area contributed by atoms with Crippen molar-refractivity contribution in [2.75, 3.05) is 37.3 Å². The molecule has 2 saturated heterocycles. The summed E-state index contributed by atoms with van der Waals surface area (Å²) in [5.41, 5.74) is 2.31. The van der Waals surface area contributed by atoms with Crippen molar-refractivity contribution >= 4 is 21.6 Å². The number of carbonyl (C=O) groups excluding carboxylic acids is 1. The van der Waals surface area contributed by atoms with Crippen LogP contribution in [0.1, 0.15) is 38.2 Å². The minimum Gasteiger partial charge on any atom is -0.371 e. The van der Waals surface area contributed by atoms with Crippen molar-refractivity contribution in [1.29, 1.82) is 0 Å². The third kappa shape index (κ3) is 5.45. The van der Waals surface area contributed by atoms with E-state index in [1.165, 1.54) is 29.1 Å². The number of nitrogens with zero attached hydrogens (tertiary/aromatic N) is 2. The standard InChI is InChI=1S/C20H31N3O3S/c1-16-5-3-11-22(14-16)19-9-7-17(8-10-19)13-21-20(24)18-6-4-12-23(15-18)27(2,25)26/h7-10,16,18H,3-6,11-15H2,1-2H3,(H,21,24)/t16-,18+/m1/s1. The van der Waals surface area contributed by atoms with E-state index >= 15 is 0 Å². The van der Waals surface area contributed by atoms with E-state index in [0.717, 1.165) is 37.4 Å². The Balaban J connectivity index is 1.51. The first-order valence-electron chi connectivity index (χ1n) is 9.89. The number of nitrogens with one attached hydrogen (secondary N) is 1. The van der Waals surface area contributed by atoms with Gasteiger partial charge >= 0.3 is 0 Å². The Morgan fingerprint density at radius 2 is 1.81 bits per heavy atom. The maximum absolute atomic E-state index is 12.5. The normalized spacial score (nSPS) is 24.6. The van der Waals surface area contributed by atoms with Gasteiger partial charge in [-0.1, -0.05) is 19.1 Å². The van der Waals surface area contributed by atoms with Gasteiger partial charge in [-0.25, -0.2) is 12.7 Å². The number of sulfonamides is 1. The van der Waals surface area contributed by atoms with E-state index in [1.807, 2.05) is 0 Å². The quantitative estimate of drug-likeness (QED) is 0.833. The number of piperidine rings is 2. The molecule has 2 heterocycles. The fraction of sp³-hybridized carbons (Fsp3) is 0.650. The highest BCUT2D eigenvalue weighted by atomic mass is 32.2. The Labute approximate surface area is 163 Å². The van der Waals surface area contributed by atoms with Crippen molar-refractivity contribution < 1.29 is 13.2 Å². The van der Waals surface area contributed by atoms with Gasteiger partial charge in [0.15, 0.2) is 0 Å². The van der Waals surface area contributed by atoms with E-state index in [0.29, 0.717) is 13.1 Å². The zero-order valence-electron chi connectivity index (χ0n) is 16.4. The van der Waals surface area contributed by atoms with Crippen LogP contribution in [0.4, 0.5) is 5.69 Å². The van der Waals surface area contributed by atoms with Crippen LogP contribution in [0.3, 0.4) is 0 Å². The average molecular weight is 394 g/mol. The SMILES string of the molecule is C[C@@H]1CCCN(c2ccc(CNC(=O)[C@H]3CCCN(S(C)(=O)=O)C3)cc2)C1. The Hall–Kier alpha value is -1.60. The molecule has 2 fully saturated rings. The van der Waals surface area contributed by atoms with Gasteiger partial charge in [0.2, 0.25) is 15.9 Å². The van der Waals surface area contributed by atoms with Gasteiger partial charge in [-0.3, -0.25) is 4.79 Å². The molecular weight excluding hydrogens is 362 g/mol. The topological polar surface area (TPSA) is 69.7 Å².